The van der Waals surface area contributed by atoms with Crippen LogP contribution in [0.2, 0.25) is 0 Å². The molecule has 0 bridgehead atoms. The highest BCUT2D eigenvalue weighted by atomic mass is 32.1. The van der Waals surface area contributed by atoms with Gasteiger partial charge in [0.05, 0.1) is 0 Å². The molecule has 0 heterocycles. The molecule has 2 heteroatoms. The fraction of sp³-hybridized carbons (Fsp3) is 1.00. The molecular formula is C9H19NS. The largest absolute Gasteiger partial charge is 0.330 e. The Morgan fingerprint density at radius 3 is 2.55 bits per heavy atom. The minimum Gasteiger partial charge on any atom is -0.330 e. The molecule has 2 N–H and O–H groups in total. The van der Waals surface area contributed by atoms with Crippen LogP contribution in [-0.2, 0) is 0 Å². The van der Waals surface area contributed by atoms with E-state index < -0.39 is 0 Å². The Morgan fingerprint density at radius 1 is 1.36 bits per heavy atom. The maximum atomic E-state index is 5.68. The molecule has 1 rings (SSSR count). The maximum absolute atomic E-state index is 5.68. The lowest BCUT2D eigenvalue weighted by Crippen LogP contribution is -2.18. The van der Waals surface area contributed by atoms with Crippen LogP contribution in [0.1, 0.15) is 32.6 Å². The van der Waals surface area contributed by atoms with Crippen LogP contribution in [0.25, 0.3) is 0 Å². The van der Waals surface area contributed by atoms with E-state index in [2.05, 4.69) is 19.6 Å². The first-order valence-electron chi connectivity index (χ1n) is 4.66. The molecule has 3 unspecified atom stereocenters. The highest BCUT2D eigenvalue weighted by Gasteiger charge is 2.30. The molecule has 1 saturated carbocycles. The Balaban J connectivity index is 2.37. The lowest BCUT2D eigenvalue weighted by Gasteiger charge is -2.15. The number of hydrogen-bond acceptors (Lipinski definition) is 2. The fourth-order valence-corrected chi connectivity index (χ4v) is 2.73. The monoisotopic (exact) mass is 173 g/mol. The van der Waals surface area contributed by atoms with Crippen molar-refractivity contribution in [2.75, 3.05) is 6.54 Å². The van der Waals surface area contributed by atoms with Crippen molar-refractivity contribution in [1.29, 1.82) is 0 Å². The molecule has 0 amide bonds. The number of nitrogens with two attached hydrogens (primary N) is 1. The molecule has 0 aromatic heterocycles. The van der Waals surface area contributed by atoms with E-state index in [0.29, 0.717) is 5.25 Å². The average Bonchev–Trinajstić information content (AvgIpc) is 2.32. The first-order valence-corrected chi connectivity index (χ1v) is 5.17. The second-order valence-electron chi connectivity index (χ2n) is 3.67. The minimum atomic E-state index is 0.625. The van der Waals surface area contributed by atoms with Crippen LogP contribution in [0.3, 0.4) is 0 Å². The Morgan fingerprint density at radius 2 is 2.00 bits per heavy atom. The molecule has 66 valence electrons. The van der Waals surface area contributed by atoms with E-state index in [1.807, 2.05) is 0 Å². The van der Waals surface area contributed by atoms with Crippen molar-refractivity contribution in [3.05, 3.63) is 0 Å². The van der Waals surface area contributed by atoms with Crippen LogP contribution < -0.4 is 5.73 Å². The van der Waals surface area contributed by atoms with Gasteiger partial charge in [0, 0.05) is 5.25 Å². The van der Waals surface area contributed by atoms with Crippen molar-refractivity contribution in [3.63, 3.8) is 0 Å². The third-order valence-corrected chi connectivity index (χ3v) is 3.20. The van der Waals surface area contributed by atoms with E-state index in [0.717, 1.165) is 18.4 Å². The number of hydrogen-bond donors (Lipinski definition) is 2. The molecule has 0 spiro atoms. The molecular weight excluding hydrogens is 154 g/mol. The average molecular weight is 173 g/mol. The molecule has 0 saturated heterocycles. The van der Waals surface area contributed by atoms with Gasteiger partial charge in [-0.15, -0.1) is 0 Å². The molecule has 3 atom stereocenters. The lowest BCUT2D eigenvalue weighted by atomic mass is 9.92. The van der Waals surface area contributed by atoms with Gasteiger partial charge in [-0.05, 0) is 31.2 Å². The van der Waals surface area contributed by atoms with Gasteiger partial charge in [0.25, 0.3) is 0 Å². The Hall–Kier alpha value is 0.310. The SMILES string of the molecule is CCCC1CC(S)CC1CN. The van der Waals surface area contributed by atoms with Crippen molar-refractivity contribution >= 4 is 12.6 Å². The fourth-order valence-electron chi connectivity index (χ4n) is 2.19. The van der Waals surface area contributed by atoms with E-state index >= 15 is 0 Å². The van der Waals surface area contributed by atoms with Gasteiger partial charge in [-0.25, -0.2) is 0 Å². The normalized spacial score (nSPS) is 37.9. The topological polar surface area (TPSA) is 26.0 Å². The van der Waals surface area contributed by atoms with Crippen molar-refractivity contribution in [2.24, 2.45) is 17.6 Å². The summed E-state index contributed by atoms with van der Waals surface area (Å²) in [4.78, 5) is 0. The first-order chi connectivity index (χ1) is 5.27. The van der Waals surface area contributed by atoms with Crippen molar-refractivity contribution in [3.8, 4) is 0 Å². The highest BCUT2D eigenvalue weighted by molar-refractivity contribution is 7.80. The molecule has 0 aliphatic heterocycles. The van der Waals surface area contributed by atoms with Gasteiger partial charge < -0.3 is 5.73 Å². The molecule has 1 nitrogen and oxygen atoms in total. The summed E-state index contributed by atoms with van der Waals surface area (Å²) in [5, 5.41) is 0.625. The zero-order chi connectivity index (χ0) is 8.27. The van der Waals surface area contributed by atoms with Gasteiger partial charge in [-0.1, -0.05) is 19.8 Å². The summed E-state index contributed by atoms with van der Waals surface area (Å²) >= 11 is 4.50. The van der Waals surface area contributed by atoms with Crippen molar-refractivity contribution < 1.29 is 0 Å². The van der Waals surface area contributed by atoms with Crippen molar-refractivity contribution in [2.45, 2.75) is 37.9 Å². The van der Waals surface area contributed by atoms with Gasteiger partial charge in [0.1, 0.15) is 0 Å². The summed E-state index contributed by atoms with van der Waals surface area (Å²) in [6.45, 7) is 3.11. The van der Waals surface area contributed by atoms with E-state index in [9.17, 15) is 0 Å². The van der Waals surface area contributed by atoms with Crippen LogP contribution >= 0.6 is 12.6 Å². The molecule has 1 aliphatic carbocycles. The van der Waals surface area contributed by atoms with Gasteiger partial charge >= 0.3 is 0 Å². The molecule has 0 radical (unpaired) electrons. The summed E-state index contributed by atoms with van der Waals surface area (Å²) in [7, 11) is 0. The standard InChI is InChI=1S/C9H19NS/c1-2-3-7-4-9(11)5-8(7)6-10/h7-9,11H,2-6,10H2,1H3. The third kappa shape index (κ3) is 2.38. The summed E-state index contributed by atoms with van der Waals surface area (Å²) in [6.07, 6.45) is 5.17. The van der Waals surface area contributed by atoms with E-state index in [4.69, 9.17) is 5.73 Å². The zero-order valence-corrected chi connectivity index (χ0v) is 8.19. The zero-order valence-electron chi connectivity index (χ0n) is 7.29. The lowest BCUT2D eigenvalue weighted by molar-refractivity contribution is 0.369. The predicted molar refractivity (Wildman–Crippen MR) is 53.0 cm³/mol. The third-order valence-electron chi connectivity index (χ3n) is 2.78. The predicted octanol–water partition coefficient (Wildman–Crippen LogP) is 2.07. The molecule has 0 aromatic carbocycles. The van der Waals surface area contributed by atoms with Gasteiger partial charge in [-0.2, -0.15) is 12.6 Å². The smallest absolute Gasteiger partial charge is 0.00227 e. The Labute approximate surface area is 75.1 Å². The van der Waals surface area contributed by atoms with E-state index in [1.165, 1.54) is 25.7 Å². The Kier molecular flexibility index (Phi) is 3.73. The molecule has 1 fully saturated rings. The van der Waals surface area contributed by atoms with Gasteiger partial charge in [0.15, 0.2) is 0 Å². The van der Waals surface area contributed by atoms with Crippen LogP contribution in [0.5, 0.6) is 0 Å². The number of thiol groups is 1. The molecule has 11 heavy (non-hydrogen) atoms. The van der Waals surface area contributed by atoms with Crippen LogP contribution in [-0.4, -0.2) is 11.8 Å². The first kappa shape index (κ1) is 9.40. The second kappa shape index (κ2) is 4.36. The summed E-state index contributed by atoms with van der Waals surface area (Å²) in [5.41, 5.74) is 5.68. The minimum absolute atomic E-state index is 0.625. The van der Waals surface area contributed by atoms with Crippen LogP contribution in [0.4, 0.5) is 0 Å². The Bertz CT molecular complexity index is 116. The van der Waals surface area contributed by atoms with Gasteiger partial charge in [-0.3, -0.25) is 0 Å². The van der Waals surface area contributed by atoms with E-state index in [-0.39, 0.29) is 0 Å². The second-order valence-corrected chi connectivity index (χ2v) is 4.40. The summed E-state index contributed by atoms with van der Waals surface area (Å²) < 4.78 is 0. The van der Waals surface area contributed by atoms with Crippen LogP contribution in [0, 0.1) is 11.8 Å². The molecule has 0 aromatic rings. The van der Waals surface area contributed by atoms with Gasteiger partial charge in [0.2, 0.25) is 0 Å². The highest BCUT2D eigenvalue weighted by Crippen LogP contribution is 2.36. The maximum Gasteiger partial charge on any atom is 0.00227 e. The van der Waals surface area contributed by atoms with Crippen molar-refractivity contribution in [1.82, 2.24) is 0 Å². The quantitative estimate of drug-likeness (QED) is 0.628. The molecule has 1 aliphatic rings. The summed E-state index contributed by atoms with van der Waals surface area (Å²) in [6, 6.07) is 0. The number of rotatable bonds is 3. The summed E-state index contributed by atoms with van der Waals surface area (Å²) in [5.74, 6) is 1.63. The van der Waals surface area contributed by atoms with Crippen LogP contribution in [0.15, 0.2) is 0 Å². The van der Waals surface area contributed by atoms with E-state index in [1.54, 1.807) is 0 Å².